The summed E-state index contributed by atoms with van der Waals surface area (Å²) in [4.78, 5) is 10.8. The summed E-state index contributed by atoms with van der Waals surface area (Å²) in [5.74, 6) is 0.897. The van der Waals surface area contributed by atoms with Gasteiger partial charge in [0.05, 0.1) is 12.2 Å². The van der Waals surface area contributed by atoms with Gasteiger partial charge in [0.2, 0.25) is 0 Å². The number of aromatic nitrogens is 1. The summed E-state index contributed by atoms with van der Waals surface area (Å²) in [5.41, 5.74) is 2.25. The summed E-state index contributed by atoms with van der Waals surface area (Å²) >= 11 is 0. The number of rotatable bonds is 6. The molecule has 1 aromatic heterocycles. The molecule has 0 amide bonds. The van der Waals surface area contributed by atoms with Crippen molar-refractivity contribution in [2.24, 2.45) is 4.99 Å². The predicted octanol–water partition coefficient (Wildman–Crippen LogP) is 2.98. The number of pyridine rings is 1. The molecular formula is C15H25IN4. The molecule has 0 fully saturated rings. The topological polar surface area (TPSA) is 40.5 Å². The molecule has 0 spiro atoms. The number of nitrogens with one attached hydrogen (secondary N) is 1. The Morgan fingerprint density at radius 3 is 2.90 bits per heavy atom. The highest BCUT2D eigenvalue weighted by Gasteiger charge is 2.06. The van der Waals surface area contributed by atoms with Crippen molar-refractivity contribution in [2.75, 3.05) is 20.6 Å². The van der Waals surface area contributed by atoms with Crippen molar-refractivity contribution in [3.8, 4) is 0 Å². The summed E-state index contributed by atoms with van der Waals surface area (Å²) in [6.07, 6.45) is 5.88. The average molecular weight is 388 g/mol. The van der Waals surface area contributed by atoms with Gasteiger partial charge in [-0.3, -0.25) is 9.98 Å². The second kappa shape index (κ2) is 10.7. The van der Waals surface area contributed by atoms with Gasteiger partial charge in [-0.25, -0.2) is 0 Å². The molecule has 1 aromatic rings. The van der Waals surface area contributed by atoms with Gasteiger partial charge in [0.15, 0.2) is 5.96 Å². The molecule has 0 saturated carbocycles. The van der Waals surface area contributed by atoms with E-state index < -0.39 is 0 Å². The van der Waals surface area contributed by atoms with E-state index in [2.05, 4.69) is 39.8 Å². The van der Waals surface area contributed by atoms with Gasteiger partial charge in [-0.2, -0.15) is 0 Å². The number of hydrogen-bond acceptors (Lipinski definition) is 2. The van der Waals surface area contributed by atoms with Gasteiger partial charge in [0, 0.05) is 26.8 Å². The molecule has 112 valence electrons. The van der Waals surface area contributed by atoms with Gasteiger partial charge in [0.1, 0.15) is 0 Å². The normalized spacial score (nSPS) is 10.7. The van der Waals surface area contributed by atoms with Crippen molar-refractivity contribution in [2.45, 2.75) is 26.3 Å². The van der Waals surface area contributed by atoms with Crippen LogP contribution in [-0.4, -0.2) is 36.5 Å². The van der Waals surface area contributed by atoms with Gasteiger partial charge in [-0.1, -0.05) is 12.1 Å². The van der Waals surface area contributed by atoms with E-state index in [9.17, 15) is 0 Å². The summed E-state index contributed by atoms with van der Waals surface area (Å²) in [6, 6.07) is 4.02. The Bertz CT molecular complexity index is 432. The van der Waals surface area contributed by atoms with Gasteiger partial charge in [-0.05, 0) is 31.4 Å². The van der Waals surface area contributed by atoms with E-state index in [0.29, 0.717) is 6.54 Å². The van der Waals surface area contributed by atoms with E-state index in [-0.39, 0.29) is 24.0 Å². The number of halogens is 1. The molecule has 0 aliphatic carbocycles. The highest BCUT2D eigenvalue weighted by atomic mass is 127. The van der Waals surface area contributed by atoms with Gasteiger partial charge in [-0.15, -0.1) is 30.6 Å². The highest BCUT2D eigenvalue weighted by Crippen LogP contribution is 2.02. The lowest BCUT2D eigenvalue weighted by molar-refractivity contribution is 0.469. The summed E-state index contributed by atoms with van der Waals surface area (Å²) in [6.45, 7) is 7.47. The van der Waals surface area contributed by atoms with Crippen LogP contribution in [0.4, 0.5) is 0 Å². The molecule has 0 aliphatic rings. The zero-order chi connectivity index (χ0) is 14.1. The molecule has 5 heteroatoms. The minimum absolute atomic E-state index is 0. The first-order chi connectivity index (χ1) is 9.19. The maximum absolute atomic E-state index is 4.37. The number of unbranched alkanes of at least 4 members (excludes halogenated alkanes) is 1. The average Bonchev–Trinajstić information content (AvgIpc) is 2.41. The maximum atomic E-state index is 4.37. The number of aryl methyl sites for hydroxylation is 1. The standard InChI is InChI=1S/C15H24N4.HI/c1-5-6-7-11-19(4)15(16-3)18-12-14-13(2)9-8-10-17-14;/h5,8-10H,1,6-7,11-12H2,2-4H3,(H,16,18);1H. The minimum atomic E-state index is 0. The first-order valence-corrected chi connectivity index (χ1v) is 6.62. The van der Waals surface area contributed by atoms with E-state index in [1.165, 1.54) is 5.56 Å². The lowest BCUT2D eigenvalue weighted by Crippen LogP contribution is -2.39. The fraction of sp³-hybridized carbons (Fsp3) is 0.467. The maximum Gasteiger partial charge on any atom is 0.193 e. The van der Waals surface area contributed by atoms with Crippen LogP contribution in [0.3, 0.4) is 0 Å². The van der Waals surface area contributed by atoms with E-state index in [1.54, 1.807) is 7.05 Å². The van der Waals surface area contributed by atoms with Gasteiger partial charge >= 0.3 is 0 Å². The second-order valence-corrected chi connectivity index (χ2v) is 4.52. The molecule has 0 saturated heterocycles. The van der Waals surface area contributed by atoms with Crippen LogP contribution in [0.25, 0.3) is 0 Å². The van der Waals surface area contributed by atoms with Crippen LogP contribution in [0.1, 0.15) is 24.1 Å². The molecular weight excluding hydrogens is 363 g/mol. The summed E-state index contributed by atoms with van der Waals surface area (Å²) in [7, 11) is 3.85. The Morgan fingerprint density at radius 2 is 2.30 bits per heavy atom. The number of aliphatic imine (C=N–C) groups is 1. The van der Waals surface area contributed by atoms with Crippen LogP contribution >= 0.6 is 24.0 Å². The lowest BCUT2D eigenvalue weighted by Gasteiger charge is -2.22. The molecule has 1 N–H and O–H groups in total. The fourth-order valence-electron chi connectivity index (χ4n) is 1.83. The molecule has 4 nitrogen and oxygen atoms in total. The lowest BCUT2D eigenvalue weighted by atomic mass is 10.2. The van der Waals surface area contributed by atoms with E-state index in [4.69, 9.17) is 0 Å². The Hall–Kier alpha value is -1.11. The van der Waals surface area contributed by atoms with Crippen molar-refractivity contribution in [3.05, 3.63) is 42.2 Å². The van der Waals surface area contributed by atoms with Gasteiger partial charge in [0.25, 0.3) is 0 Å². The zero-order valence-corrected chi connectivity index (χ0v) is 14.9. The predicted molar refractivity (Wildman–Crippen MR) is 96.6 cm³/mol. The van der Waals surface area contributed by atoms with E-state index in [0.717, 1.165) is 31.0 Å². The number of allylic oxidation sites excluding steroid dienone is 1. The molecule has 0 atom stereocenters. The van der Waals surface area contributed by atoms with E-state index >= 15 is 0 Å². The van der Waals surface area contributed by atoms with E-state index in [1.807, 2.05) is 25.4 Å². The van der Waals surface area contributed by atoms with Crippen LogP contribution < -0.4 is 5.32 Å². The number of hydrogen-bond donors (Lipinski definition) is 1. The second-order valence-electron chi connectivity index (χ2n) is 4.52. The SMILES string of the molecule is C=CCCCN(C)C(=NC)NCc1ncccc1C.I. The Labute approximate surface area is 139 Å². The quantitative estimate of drug-likeness (QED) is 0.268. The van der Waals surface area contributed by atoms with Crippen molar-refractivity contribution >= 4 is 29.9 Å². The molecule has 1 rings (SSSR count). The van der Waals surface area contributed by atoms with Crippen molar-refractivity contribution in [3.63, 3.8) is 0 Å². The van der Waals surface area contributed by atoms with Crippen LogP contribution in [0, 0.1) is 6.92 Å². The number of guanidine groups is 1. The molecule has 0 radical (unpaired) electrons. The van der Waals surface area contributed by atoms with Crippen molar-refractivity contribution in [1.82, 2.24) is 15.2 Å². The first-order valence-electron chi connectivity index (χ1n) is 6.62. The fourth-order valence-corrected chi connectivity index (χ4v) is 1.83. The number of nitrogens with zero attached hydrogens (tertiary/aromatic N) is 3. The molecule has 0 aliphatic heterocycles. The van der Waals surface area contributed by atoms with Crippen LogP contribution in [0.15, 0.2) is 36.0 Å². The van der Waals surface area contributed by atoms with Crippen LogP contribution in [0.2, 0.25) is 0 Å². The summed E-state index contributed by atoms with van der Waals surface area (Å²) < 4.78 is 0. The molecule has 0 unspecified atom stereocenters. The Kier molecular flexibility index (Phi) is 10.1. The highest BCUT2D eigenvalue weighted by molar-refractivity contribution is 14.0. The first kappa shape index (κ1) is 18.9. The summed E-state index contributed by atoms with van der Waals surface area (Å²) in [5, 5.41) is 3.34. The third-order valence-corrected chi connectivity index (χ3v) is 3.01. The smallest absolute Gasteiger partial charge is 0.193 e. The Balaban J connectivity index is 0.00000361. The molecule has 0 aromatic carbocycles. The van der Waals surface area contributed by atoms with Crippen molar-refractivity contribution in [1.29, 1.82) is 0 Å². The minimum Gasteiger partial charge on any atom is -0.351 e. The third kappa shape index (κ3) is 6.36. The Morgan fingerprint density at radius 1 is 1.55 bits per heavy atom. The largest absolute Gasteiger partial charge is 0.351 e. The van der Waals surface area contributed by atoms with Crippen molar-refractivity contribution < 1.29 is 0 Å². The molecule has 1 heterocycles. The molecule has 20 heavy (non-hydrogen) atoms. The third-order valence-electron chi connectivity index (χ3n) is 3.01. The monoisotopic (exact) mass is 388 g/mol. The van der Waals surface area contributed by atoms with Crippen LogP contribution in [-0.2, 0) is 6.54 Å². The van der Waals surface area contributed by atoms with Gasteiger partial charge < -0.3 is 10.2 Å². The van der Waals surface area contributed by atoms with Crippen LogP contribution in [0.5, 0.6) is 0 Å². The molecule has 0 bridgehead atoms. The zero-order valence-electron chi connectivity index (χ0n) is 12.6.